The van der Waals surface area contributed by atoms with Gasteiger partial charge >= 0.3 is 12.1 Å². The van der Waals surface area contributed by atoms with Gasteiger partial charge in [0.15, 0.2) is 0 Å². The third-order valence-corrected chi connectivity index (χ3v) is 10.2. The van der Waals surface area contributed by atoms with Crippen LogP contribution in [0.4, 0.5) is 9.59 Å². The van der Waals surface area contributed by atoms with Gasteiger partial charge in [-0.05, 0) is 110 Å². The fourth-order valence-electron chi connectivity index (χ4n) is 7.45. The van der Waals surface area contributed by atoms with Gasteiger partial charge in [-0.15, -0.1) is 0 Å². The molecule has 0 bridgehead atoms. The fraction of sp³-hybridized carbons (Fsp3) is 0.750. The van der Waals surface area contributed by atoms with Gasteiger partial charge in [-0.2, -0.15) is 0 Å². The zero-order valence-corrected chi connectivity index (χ0v) is 29.6. The highest BCUT2D eigenvalue weighted by Crippen LogP contribution is 2.30. The Morgan fingerprint density at radius 1 is 0.870 bits per heavy atom. The molecule has 3 aliphatic rings. The summed E-state index contributed by atoms with van der Waals surface area (Å²) in [7, 11) is 0. The zero-order valence-electron chi connectivity index (χ0n) is 28.9. The van der Waals surface area contributed by atoms with Gasteiger partial charge in [-0.25, -0.2) is 9.59 Å². The van der Waals surface area contributed by atoms with Crippen LogP contribution in [0.1, 0.15) is 111 Å². The topological polar surface area (TPSA) is 94.2 Å². The van der Waals surface area contributed by atoms with Crippen LogP contribution in [0.25, 0.3) is 0 Å². The maximum atomic E-state index is 14.2. The van der Waals surface area contributed by atoms with E-state index < -0.39 is 5.60 Å². The largest absolute Gasteiger partial charge is 0.444 e. The van der Waals surface area contributed by atoms with Crippen molar-refractivity contribution in [3.63, 3.8) is 0 Å². The standard InChI is InChI=1S/C36H58ClN5O4/c1-6-40(7-2)35(45)42(30-11-9-8-10-12-30)31-21-23-41(24-22-31)33(43)32(25-26-13-15-27(37)16-14-26)38-28-17-19-29(20-18-28)39-34(44)46-36(3,4)5/h13-16,28-32,38H,6-12,17-25H2,1-5H3,(H,39,44)/t28?,29?,32-/m0/s1. The Bertz CT molecular complexity index is 1120. The van der Waals surface area contributed by atoms with E-state index in [0.29, 0.717) is 43.7 Å². The Hall–Kier alpha value is -2.52. The maximum absolute atomic E-state index is 14.2. The van der Waals surface area contributed by atoms with E-state index in [4.69, 9.17) is 16.3 Å². The minimum absolute atomic E-state index is 0.0727. The number of halogens is 1. The molecule has 2 N–H and O–H groups in total. The van der Waals surface area contributed by atoms with Crippen molar-refractivity contribution in [3.05, 3.63) is 34.9 Å². The number of amides is 4. The molecule has 9 nitrogen and oxygen atoms in total. The average molecular weight is 660 g/mol. The number of piperidine rings is 1. The summed E-state index contributed by atoms with van der Waals surface area (Å²) < 4.78 is 5.45. The Morgan fingerprint density at radius 3 is 2.00 bits per heavy atom. The first-order valence-electron chi connectivity index (χ1n) is 17.8. The molecule has 1 heterocycles. The van der Waals surface area contributed by atoms with Crippen LogP contribution in [-0.2, 0) is 16.0 Å². The molecule has 1 aromatic rings. The molecule has 1 aromatic carbocycles. The van der Waals surface area contributed by atoms with E-state index in [1.165, 1.54) is 19.3 Å². The summed E-state index contributed by atoms with van der Waals surface area (Å²) >= 11 is 6.17. The molecule has 0 aromatic heterocycles. The van der Waals surface area contributed by atoms with Gasteiger partial charge < -0.3 is 30.1 Å². The second-order valence-corrected chi connectivity index (χ2v) is 14.9. The van der Waals surface area contributed by atoms with Crippen LogP contribution in [0, 0.1) is 0 Å². The highest BCUT2D eigenvalue weighted by molar-refractivity contribution is 6.30. The molecule has 258 valence electrons. The molecular formula is C36H58ClN5O4. The Balaban J connectivity index is 1.39. The van der Waals surface area contributed by atoms with Crippen molar-refractivity contribution in [1.29, 1.82) is 0 Å². The number of benzene rings is 1. The molecule has 0 radical (unpaired) electrons. The van der Waals surface area contributed by atoms with Crippen molar-refractivity contribution in [3.8, 4) is 0 Å². The van der Waals surface area contributed by atoms with Gasteiger partial charge in [0.2, 0.25) is 5.91 Å². The third-order valence-electron chi connectivity index (χ3n) is 9.93. The number of alkyl carbamates (subject to hydrolysis) is 1. The average Bonchev–Trinajstić information content (AvgIpc) is 3.03. The monoisotopic (exact) mass is 659 g/mol. The van der Waals surface area contributed by atoms with Crippen molar-refractivity contribution in [1.82, 2.24) is 25.3 Å². The van der Waals surface area contributed by atoms with Gasteiger partial charge in [0, 0.05) is 55.4 Å². The number of rotatable bonds is 10. The minimum atomic E-state index is -0.526. The van der Waals surface area contributed by atoms with Gasteiger partial charge in [-0.1, -0.05) is 43.0 Å². The second-order valence-electron chi connectivity index (χ2n) is 14.5. The van der Waals surface area contributed by atoms with Crippen LogP contribution in [0.3, 0.4) is 0 Å². The summed E-state index contributed by atoms with van der Waals surface area (Å²) in [5, 5.41) is 7.42. The van der Waals surface area contributed by atoms with Crippen molar-refractivity contribution < 1.29 is 19.1 Å². The molecule has 1 aliphatic heterocycles. The number of nitrogens with zero attached hydrogens (tertiary/aromatic N) is 3. The first-order chi connectivity index (χ1) is 22.0. The molecule has 0 spiro atoms. The van der Waals surface area contributed by atoms with E-state index in [9.17, 15) is 14.4 Å². The zero-order chi connectivity index (χ0) is 33.3. The lowest BCUT2D eigenvalue weighted by Gasteiger charge is -2.45. The maximum Gasteiger partial charge on any atom is 0.407 e. The first-order valence-corrected chi connectivity index (χ1v) is 18.2. The predicted octanol–water partition coefficient (Wildman–Crippen LogP) is 6.76. The summed E-state index contributed by atoms with van der Waals surface area (Å²) in [5.74, 6) is 0.127. The van der Waals surface area contributed by atoms with Crippen molar-refractivity contribution in [2.45, 2.75) is 147 Å². The van der Waals surface area contributed by atoms with Crippen molar-refractivity contribution in [2.24, 2.45) is 0 Å². The normalized spacial score (nSPS) is 22.2. The number of hydrogen-bond acceptors (Lipinski definition) is 5. The third kappa shape index (κ3) is 10.5. The van der Waals surface area contributed by atoms with E-state index in [2.05, 4.69) is 29.4 Å². The SMILES string of the molecule is CCN(CC)C(=O)N(C1CCCCC1)C1CCN(C(=O)[C@H](Cc2ccc(Cl)cc2)NC2CCC(NC(=O)OC(C)(C)C)CC2)CC1. The molecule has 2 saturated carbocycles. The van der Waals surface area contributed by atoms with E-state index in [0.717, 1.165) is 56.9 Å². The van der Waals surface area contributed by atoms with Gasteiger partial charge in [0.05, 0.1) is 6.04 Å². The second kappa shape index (κ2) is 17.0. The summed E-state index contributed by atoms with van der Waals surface area (Å²) in [5.41, 5.74) is 0.542. The van der Waals surface area contributed by atoms with Gasteiger partial charge in [0.1, 0.15) is 5.60 Å². The first kappa shape index (κ1) is 36.3. The minimum Gasteiger partial charge on any atom is -0.444 e. The van der Waals surface area contributed by atoms with E-state index in [-0.39, 0.29) is 42.2 Å². The van der Waals surface area contributed by atoms with Crippen molar-refractivity contribution in [2.75, 3.05) is 26.2 Å². The molecule has 0 unspecified atom stereocenters. The van der Waals surface area contributed by atoms with Crippen LogP contribution >= 0.6 is 11.6 Å². The molecule has 3 fully saturated rings. The van der Waals surface area contributed by atoms with E-state index in [1.807, 2.05) is 54.8 Å². The highest BCUT2D eigenvalue weighted by atomic mass is 35.5. The number of urea groups is 1. The fourth-order valence-corrected chi connectivity index (χ4v) is 7.57. The van der Waals surface area contributed by atoms with Crippen LogP contribution in [0.15, 0.2) is 24.3 Å². The summed E-state index contributed by atoms with van der Waals surface area (Å²) in [4.78, 5) is 46.4. The predicted molar refractivity (Wildman–Crippen MR) is 184 cm³/mol. The number of carbonyl (C=O) groups excluding carboxylic acids is 3. The molecular weight excluding hydrogens is 602 g/mol. The number of likely N-dealkylation sites (tertiary alicyclic amines) is 1. The summed E-state index contributed by atoms with van der Waals surface area (Å²) in [6.07, 6.45) is 11.0. The summed E-state index contributed by atoms with van der Waals surface area (Å²) in [6.45, 7) is 12.5. The van der Waals surface area contributed by atoms with Crippen LogP contribution in [0.2, 0.25) is 5.02 Å². The quantitative estimate of drug-likeness (QED) is 0.289. The lowest BCUT2D eigenvalue weighted by Crippen LogP contribution is -2.58. The van der Waals surface area contributed by atoms with Crippen LogP contribution < -0.4 is 10.6 Å². The van der Waals surface area contributed by atoms with E-state index in [1.54, 1.807) is 0 Å². The number of ether oxygens (including phenoxy) is 1. The van der Waals surface area contributed by atoms with Crippen LogP contribution in [-0.4, -0.2) is 94.7 Å². The number of hydrogen-bond donors (Lipinski definition) is 2. The molecule has 46 heavy (non-hydrogen) atoms. The molecule has 4 amide bonds. The van der Waals surface area contributed by atoms with Crippen molar-refractivity contribution >= 4 is 29.6 Å². The molecule has 4 rings (SSSR count). The molecule has 2 aliphatic carbocycles. The van der Waals surface area contributed by atoms with Gasteiger partial charge in [0.25, 0.3) is 0 Å². The number of carbonyl (C=O) groups is 3. The lowest BCUT2D eigenvalue weighted by atomic mass is 9.89. The Labute approximate surface area is 282 Å². The lowest BCUT2D eigenvalue weighted by molar-refractivity contribution is -0.135. The van der Waals surface area contributed by atoms with E-state index >= 15 is 0 Å². The summed E-state index contributed by atoms with van der Waals surface area (Å²) in [6, 6.07) is 8.29. The Kier molecular flexibility index (Phi) is 13.5. The van der Waals surface area contributed by atoms with Gasteiger partial charge in [-0.3, -0.25) is 4.79 Å². The smallest absolute Gasteiger partial charge is 0.407 e. The Morgan fingerprint density at radius 2 is 1.43 bits per heavy atom. The molecule has 10 heteroatoms. The van der Waals surface area contributed by atoms with Crippen LogP contribution in [0.5, 0.6) is 0 Å². The number of nitrogens with one attached hydrogen (secondary N) is 2. The highest BCUT2D eigenvalue weighted by Gasteiger charge is 2.38. The molecule has 1 saturated heterocycles. The molecule has 1 atom stereocenters.